The van der Waals surface area contributed by atoms with E-state index >= 15 is 0 Å². The molecule has 0 bridgehead atoms. The van der Waals surface area contributed by atoms with Gasteiger partial charge in [0.1, 0.15) is 11.4 Å². The van der Waals surface area contributed by atoms with Crippen LogP contribution in [0.15, 0.2) is 52.4 Å². The average molecular weight is 328 g/mol. The summed E-state index contributed by atoms with van der Waals surface area (Å²) < 4.78 is 10.8. The Morgan fingerprint density at radius 3 is 2.96 bits per heavy atom. The van der Waals surface area contributed by atoms with Gasteiger partial charge in [-0.15, -0.1) is 11.3 Å². The van der Waals surface area contributed by atoms with Crippen LogP contribution in [0.4, 0.5) is 0 Å². The van der Waals surface area contributed by atoms with Gasteiger partial charge in [-0.2, -0.15) is 0 Å². The van der Waals surface area contributed by atoms with Crippen molar-refractivity contribution in [2.75, 3.05) is 6.61 Å². The molecule has 0 aliphatic heterocycles. The number of hydrogen-bond acceptors (Lipinski definition) is 5. The molecule has 0 atom stereocenters. The van der Waals surface area contributed by atoms with E-state index < -0.39 is 0 Å². The van der Waals surface area contributed by atoms with Crippen LogP contribution in [0, 0.1) is 0 Å². The summed E-state index contributed by atoms with van der Waals surface area (Å²) >= 11 is 1.58. The van der Waals surface area contributed by atoms with E-state index in [-0.39, 0.29) is 5.91 Å². The Morgan fingerprint density at radius 1 is 1.30 bits per heavy atom. The van der Waals surface area contributed by atoms with Gasteiger partial charge in [0, 0.05) is 6.07 Å². The number of benzene rings is 1. The summed E-state index contributed by atoms with van der Waals surface area (Å²) in [5.74, 6) is 1.08. The van der Waals surface area contributed by atoms with Crippen LogP contribution >= 0.6 is 11.3 Å². The Morgan fingerprint density at radius 2 is 2.17 bits per heavy atom. The van der Waals surface area contributed by atoms with Gasteiger partial charge < -0.3 is 14.6 Å². The van der Waals surface area contributed by atoms with Crippen LogP contribution in [-0.2, 0) is 6.54 Å². The highest BCUT2D eigenvalue weighted by Gasteiger charge is 2.13. The maximum atomic E-state index is 12.3. The number of nitrogens with one attached hydrogen (secondary N) is 1. The molecule has 0 saturated carbocycles. The van der Waals surface area contributed by atoms with E-state index in [1.807, 2.05) is 42.6 Å². The molecule has 23 heavy (non-hydrogen) atoms. The molecule has 0 spiro atoms. The van der Waals surface area contributed by atoms with Crippen molar-refractivity contribution in [1.29, 1.82) is 0 Å². The summed E-state index contributed by atoms with van der Waals surface area (Å²) in [5, 5.41) is 8.79. The van der Waals surface area contributed by atoms with E-state index in [0.717, 1.165) is 4.88 Å². The van der Waals surface area contributed by atoms with Crippen molar-refractivity contribution in [2.45, 2.75) is 13.5 Å². The minimum Gasteiger partial charge on any atom is -0.493 e. The van der Waals surface area contributed by atoms with Crippen molar-refractivity contribution in [1.82, 2.24) is 10.5 Å². The minimum atomic E-state index is -0.199. The number of thiophene rings is 1. The van der Waals surface area contributed by atoms with Gasteiger partial charge in [0.25, 0.3) is 5.91 Å². The molecule has 1 aromatic carbocycles. The van der Waals surface area contributed by atoms with Crippen LogP contribution in [0.5, 0.6) is 5.75 Å². The summed E-state index contributed by atoms with van der Waals surface area (Å²) in [6, 6.07) is 12.9. The molecule has 0 fully saturated rings. The first-order valence-corrected chi connectivity index (χ1v) is 8.15. The SMILES string of the molecule is CCOc1ccccc1C(=O)NCc1cc(-c2cccs2)on1. The molecular formula is C17H16N2O3S. The van der Waals surface area contributed by atoms with E-state index in [1.165, 1.54) is 0 Å². The first-order chi connectivity index (χ1) is 11.3. The van der Waals surface area contributed by atoms with Crippen LogP contribution in [0.3, 0.4) is 0 Å². The van der Waals surface area contributed by atoms with Gasteiger partial charge in [-0.25, -0.2) is 0 Å². The van der Waals surface area contributed by atoms with Crippen molar-refractivity contribution in [3.05, 3.63) is 59.1 Å². The fourth-order valence-electron chi connectivity index (χ4n) is 2.13. The highest BCUT2D eigenvalue weighted by molar-refractivity contribution is 7.13. The lowest BCUT2D eigenvalue weighted by Crippen LogP contribution is -2.23. The molecule has 5 nitrogen and oxygen atoms in total. The van der Waals surface area contributed by atoms with Crippen molar-refractivity contribution < 1.29 is 14.1 Å². The second kappa shape index (κ2) is 7.11. The van der Waals surface area contributed by atoms with Crippen LogP contribution < -0.4 is 10.1 Å². The van der Waals surface area contributed by atoms with E-state index in [1.54, 1.807) is 23.5 Å². The number of carbonyl (C=O) groups excluding carboxylic acids is 1. The van der Waals surface area contributed by atoms with E-state index in [0.29, 0.717) is 35.9 Å². The number of ether oxygens (including phenoxy) is 1. The van der Waals surface area contributed by atoms with Crippen LogP contribution in [-0.4, -0.2) is 17.7 Å². The highest BCUT2D eigenvalue weighted by atomic mass is 32.1. The molecule has 1 N–H and O–H groups in total. The number of para-hydroxylation sites is 1. The lowest BCUT2D eigenvalue weighted by molar-refractivity contribution is 0.0946. The van der Waals surface area contributed by atoms with Crippen LogP contribution in [0.25, 0.3) is 10.6 Å². The normalized spacial score (nSPS) is 10.5. The molecule has 2 aromatic heterocycles. The molecule has 0 aliphatic rings. The minimum absolute atomic E-state index is 0.199. The highest BCUT2D eigenvalue weighted by Crippen LogP contribution is 2.25. The van der Waals surface area contributed by atoms with E-state index in [9.17, 15) is 4.79 Å². The molecule has 0 unspecified atom stereocenters. The Hall–Kier alpha value is -2.60. The maximum Gasteiger partial charge on any atom is 0.255 e. The molecule has 1 amide bonds. The summed E-state index contributed by atoms with van der Waals surface area (Å²) in [6.45, 7) is 2.70. The third-order valence-electron chi connectivity index (χ3n) is 3.18. The summed E-state index contributed by atoms with van der Waals surface area (Å²) in [5.41, 5.74) is 1.19. The molecule has 6 heteroatoms. The van der Waals surface area contributed by atoms with Crippen molar-refractivity contribution in [3.8, 4) is 16.4 Å². The standard InChI is InChI=1S/C17H16N2O3S/c1-2-21-14-7-4-3-6-13(14)17(20)18-11-12-10-15(22-19-12)16-8-5-9-23-16/h3-10H,2,11H2,1H3,(H,18,20). The maximum absolute atomic E-state index is 12.3. The van der Waals surface area contributed by atoms with E-state index in [2.05, 4.69) is 10.5 Å². The average Bonchev–Trinajstić information content (AvgIpc) is 3.24. The third-order valence-corrected chi connectivity index (χ3v) is 4.07. The number of hydrogen-bond donors (Lipinski definition) is 1. The zero-order chi connectivity index (χ0) is 16.1. The molecular weight excluding hydrogens is 312 g/mol. The Labute approximate surface area is 137 Å². The first kappa shape index (κ1) is 15.3. The van der Waals surface area contributed by atoms with Crippen molar-refractivity contribution in [2.24, 2.45) is 0 Å². The van der Waals surface area contributed by atoms with Gasteiger partial charge in [-0.3, -0.25) is 4.79 Å². The third kappa shape index (κ3) is 3.60. The van der Waals surface area contributed by atoms with Gasteiger partial charge in [0.15, 0.2) is 5.76 Å². The van der Waals surface area contributed by atoms with E-state index in [4.69, 9.17) is 9.26 Å². The van der Waals surface area contributed by atoms with Gasteiger partial charge in [-0.05, 0) is 30.5 Å². The van der Waals surface area contributed by atoms with Gasteiger partial charge in [0.2, 0.25) is 0 Å². The zero-order valence-corrected chi connectivity index (χ0v) is 13.4. The second-order valence-electron chi connectivity index (χ2n) is 4.77. The quantitative estimate of drug-likeness (QED) is 0.749. The molecule has 2 heterocycles. The fourth-order valence-corrected chi connectivity index (χ4v) is 2.80. The zero-order valence-electron chi connectivity index (χ0n) is 12.6. The second-order valence-corrected chi connectivity index (χ2v) is 5.72. The number of carbonyl (C=O) groups is 1. The summed E-state index contributed by atoms with van der Waals surface area (Å²) in [4.78, 5) is 13.3. The monoisotopic (exact) mass is 328 g/mol. The number of rotatable bonds is 6. The fraction of sp³-hybridized carbons (Fsp3) is 0.176. The number of nitrogens with zero attached hydrogens (tertiary/aromatic N) is 1. The summed E-state index contributed by atoms with van der Waals surface area (Å²) in [7, 11) is 0. The molecule has 0 radical (unpaired) electrons. The summed E-state index contributed by atoms with van der Waals surface area (Å²) in [6.07, 6.45) is 0. The van der Waals surface area contributed by atoms with Crippen LogP contribution in [0.1, 0.15) is 23.0 Å². The van der Waals surface area contributed by atoms with Crippen molar-refractivity contribution in [3.63, 3.8) is 0 Å². The topological polar surface area (TPSA) is 64.4 Å². The van der Waals surface area contributed by atoms with Crippen LogP contribution in [0.2, 0.25) is 0 Å². The molecule has 3 aromatic rings. The largest absolute Gasteiger partial charge is 0.493 e. The first-order valence-electron chi connectivity index (χ1n) is 7.27. The Balaban J connectivity index is 1.65. The van der Waals surface area contributed by atoms with Crippen molar-refractivity contribution >= 4 is 17.2 Å². The smallest absolute Gasteiger partial charge is 0.255 e. The molecule has 118 valence electrons. The predicted octanol–water partition coefficient (Wildman–Crippen LogP) is 3.73. The Bertz CT molecular complexity index is 781. The number of aromatic nitrogens is 1. The molecule has 3 rings (SSSR count). The Kier molecular flexibility index (Phi) is 4.73. The molecule has 0 aliphatic carbocycles. The lowest BCUT2D eigenvalue weighted by atomic mass is 10.2. The van der Waals surface area contributed by atoms with Gasteiger partial charge >= 0.3 is 0 Å². The lowest BCUT2D eigenvalue weighted by Gasteiger charge is -2.09. The molecule has 0 saturated heterocycles. The van der Waals surface area contributed by atoms with Gasteiger partial charge in [-0.1, -0.05) is 23.4 Å². The van der Waals surface area contributed by atoms with Gasteiger partial charge in [0.05, 0.1) is 23.6 Å². The number of amides is 1. The predicted molar refractivity (Wildman–Crippen MR) is 88.6 cm³/mol.